The Morgan fingerprint density at radius 2 is 1.81 bits per heavy atom. The Labute approximate surface area is 161 Å². The van der Waals surface area contributed by atoms with Crippen molar-refractivity contribution in [1.29, 1.82) is 0 Å². The summed E-state index contributed by atoms with van der Waals surface area (Å²) in [5, 5.41) is 8.61. The second-order valence-corrected chi connectivity index (χ2v) is 7.99. The number of carbonyl (C=O) groups is 3. The second kappa shape index (κ2) is 11.5. The molecule has 0 aliphatic heterocycles. The summed E-state index contributed by atoms with van der Waals surface area (Å²) in [7, 11) is 0. The van der Waals surface area contributed by atoms with Gasteiger partial charge >= 0.3 is 11.9 Å². The summed E-state index contributed by atoms with van der Waals surface area (Å²) in [5.74, 6) is -5.92. The lowest BCUT2D eigenvalue weighted by atomic mass is 9.84. The minimum Gasteiger partial charge on any atom is -0.481 e. The zero-order valence-corrected chi connectivity index (χ0v) is 16.6. The molecular formula is C21H34F2O4. The minimum absolute atomic E-state index is 0.0257. The number of hydrogen-bond donors (Lipinski definition) is 1. The quantitative estimate of drug-likeness (QED) is 0.403. The molecule has 0 radical (unpaired) electrons. The number of carbonyl (C=O) groups excluding carboxylic acids is 2. The average Bonchev–Trinajstić information content (AvgIpc) is 2.95. The Morgan fingerprint density at radius 3 is 2.44 bits per heavy atom. The molecule has 156 valence electrons. The van der Waals surface area contributed by atoms with Gasteiger partial charge in [-0.15, -0.1) is 0 Å². The fraction of sp³-hybridized carbons (Fsp3) is 0.857. The molecule has 0 heterocycles. The number of unbranched alkanes of at least 4 members (excludes halogenated alkanes) is 3. The van der Waals surface area contributed by atoms with E-state index in [1.165, 1.54) is 6.92 Å². The Hall–Kier alpha value is -1.33. The van der Waals surface area contributed by atoms with Gasteiger partial charge in [-0.25, -0.2) is 0 Å². The Bertz CT molecular complexity index is 504. The molecule has 4 nitrogen and oxygen atoms in total. The van der Waals surface area contributed by atoms with Gasteiger partial charge in [0.2, 0.25) is 5.78 Å². The van der Waals surface area contributed by atoms with Crippen LogP contribution in [0.4, 0.5) is 8.78 Å². The summed E-state index contributed by atoms with van der Waals surface area (Å²) in [6.45, 7) is 3.25. The number of hydrogen-bond acceptors (Lipinski definition) is 3. The van der Waals surface area contributed by atoms with Crippen molar-refractivity contribution < 1.29 is 28.3 Å². The molecule has 0 aromatic rings. The van der Waals surface area contributed by atoms with Crippen molar-refractivity contribution in [3.05, 3.63) is 0 Å². The molecule has 6 heteroatoms. The largest absolute Gasteiger partial charge is 0.481 e. The number of alkyl halides is 2. The van der Waals surface area contributed by atoms with Gasteiger partial charge in [0, 0.05) is 31.1 Å². The Morgan fingerprint density at radius 1 is 1.15 bits per heavy atom. The highest BCUT2D eigenvalue weighted by Gasteiger charge is 2.44. The summed E-state index contributed by atoms with van der Waals surface area (Å²) in [6.07, 6.45) is 6.36. The molecule has 0 aromatic carbocycles. The molecule has 1 aliphatic rings. The lowest BCUT2D eigenvalue weighted by molar-refractivity contribution is -0.151. The maximum absolute atomic E-state index is 14.2. The number of halogens is 2. The predicted octanol–water partition coefficient (Wildman–Crippen LogP) is 5.43. The minimum atomic E-state index is -3.28. The highest BCUT2D eigenvalue weighted by molar-refractivity contribution is 5.86. The van der Waals surface area contributed by atoms with Crippen molar-refractivity contribution in [1.82, 2.24) is 0 Å². The normalized spacial score (nSPS) is 21.4. The lowest BCUT2D eigenvalue weighted by Crippen LogP contribution is -2.36. The van der Waals surface area contributed by atoms with Gasteiger partial charge in [0.25, 0.3) is 0 Å². The van der Waals surface area contributed by atoms with Crippen molar-refractivity contribution in [2.24, 2.45) is 17.8 Å². The summed E-state index contributed by atoms with van der Waals surface area (Å²) in [4.78, 5) is 34.6. The van der Waals surface area contributed by atoms with Gasteiger partial charge in [-0.3, -0.25) is 14.4 Å². The summed E-state index contributed by atoms with van der Waals surface area (Å²) in [5.41, 5.74) is 0. The molecule has 1 rings (SSSR count). The van der Waals surface area contributed by atoms with Crippen LogP contribution in [0.3, 0.4) is 0 Å². The summed E-state index contributed by atoms with van der Waals surface area (Å²) < 4.78 is 28.3. The second-order valence-electron chi connectivity index (χ2n) is 7.99. The van der Waals surface area contributed by atoms with Crippen molar-refractivity contribution in [3.8, 4) is 0 Å². The monoisotopic (exact) mass is 388 g/mol. The van der Waals surface area contributed by atoms with Crippen LogP contribution in [-0.2, 0) is 14.4 Å². The first-order chi connectivity index (χ1) is 12.7. The third-order valence-electron chi connectivity index (χ3n) is 5.85. The fourth-order valence-corrected chi connectivity index (χ4v) is 4.09. The van der Waals surface area contributed by atoms with Crippen LogP contribution in [0.5, 0.6) is 0 Å². The van der Waals surface area contributed by atoms with Gasteiger partial charge in [0.1, 0.15) is 5.78 Å². The summed E-state index contributed by atoms with van der Waals surface area (Å²) >= 11 is 0. The van der Waals surface area contributed by atoms with Crippen LogP contribution in [0, 0.1) is 17.8 Å². The zero-order valence-electron chi connectivity index (χ0n) is 16.6. The Balaban J connectivity index is 2.41. The van der Waals surface area contributed by atoms with E-state index in [1.807, 2.05) is 6.92 Å². The van der Waals surface area contributed by atoms with E-state index >= 15 is 0 Å². The van der Waals surface area contributed by atoms with Crippen molar-refractivity contribution in [2.75, 3.05) is 0 Å². The molecule has 0 saturated heterocycles. The van der Waals surface area contributed by atoms with Crippen molar-refractivity contribution in [3.63, 3.8) is 0 Å². The topological polar surface area (TPSA) is 71.4 Å². The van der Waals surface area contributed by atoms with Crippen LogP contribution in [0.1, 0.15) is 90.9 Å². The third kappa shape index (κ3) is 7.67. The van der Waals surface area contributed by atoms with Gasteiger partial charge in [0.05, 0.1) is 0 Å². The lowest BCUT2D eigenvalue weighted by Gasteiger charge is -2.23. The molecule has 1 aliphatic carbocycles. The van der Waals surface area contributed by atoms with E-state index < -0.39 is 23.6 Å². The van der Waals surface area contributed by atoms with Gasteiger partial charge in [-0.05, 0) is 38.0 Å². The molecule has 0 unspecified atom stereocenters. The van der Waals surface area contributed by atoms with E-state index in [-0.39, 0.29) is 30.5 Å². The maximum atomic E-state index is 14.2. The SMILES string of the molecule is CCC[C@@H](C)C(F)(F)C(=O)CC[C@H]1CCC(=O)[C@@H]1CCCCCCC(=O)O. The molecule has 1 N–H and O–H groups in total. The van der Waals surface area contributed by atoms with Crippen LogP contribution in [-0.4, -0.2) is 28.6 Å². The van der Waals surface area contributed by atoms with Gasteiger partial charge in [-0.2, -0.15) is 8.78 Å². The van der Waals surface area contributed by atoms with E-state index in [9.17, 15) is 23.2 Å². The smallest absolute Gasteiger partial charge is 0.307 e. The van der Waals surface area contributed by atoms with Crippen LogP contribution >= 0.6 is 0 Å². The predicted molar refractivity (Wildman–Crippen MR) is 99.8 cm³/mol. The van der Waals surface area contributed by atoms with Crippen molar-refractivity contribution >= 4 is 17.5 Å². The number of carboxylic acid groups (broad SMARTS) is 1. The third-order valence-corrected chi connectivity index (χ3v) is 5.85. The van der Waals surface area contributed by atoms with Crippen molar-refractivity contribution in [2.45, 2.75) is 96.8 Å². The first-order valence-corrected chi connectivity index (χ1v) is 10.4. The van der Waals surface area contributed by atoms with Crippen LogP contribution in [0.15, 0.2) is 0 Å². The van der Waals surface area contributed by atoms with E-state index in [4.69, 9.17) is 5.11 Å². The van der Waals surface area contributed by atoms with Crippen LogP contribution < -0.4 is 0 Å². The average molecular weight is 388 g/mol. The maximum Gasteiger partial charge on any atom is 0.307 e. The van der Waals surface area contributed by atoms with Gasteiger partial charge < -0.3 is 5.11 Å². The highest BCUT2D eigenvalue weighted by Crippen LogP contribution is 2.37. The molecule has 1 fully saturated rings. The van der Waals surface area contributed by atoms with E-state index in [1.54, 1.807) is 0 Å². The first-order valence-electron chi connectivity index (χ1n) is 10.4. The molecule has 1 saturated carbocycles. The number of Topliss-reactive ketones (excluding diaryl/α,β-unsaturated/α-hetero) is 2. The number of ketones is 2. The van der Waals surface area contributed by atoms with Crippen LogP contribution in [0.25, 0.3) is 0 Å². The highest BCUT2D eigenvalue weighted by atomic mass is 19.3. The number of carboxylic acids is 1. The van der Waals surface area contributed by atoms with E-state index in [2.05, 4.69) is 0 Å². The van der Waals surface area contributed by atoms with E-state index in [0.29, 0.717) is 44.9 Å². The molecule has 0 amide bonds. The first kappa shape index (κ1) is 23.7. The molecule has 3 atom stereocenters. The molecule has 0 aromatic heterocycles. The van der Waals surface area contributed by atoms with Gasteiger partial charge in [0.15, 0.2) is 0 Å². The van der Waals surface area contributed by atoms with Crippen LogP contribution in [0.2, 0.25) is 0 Å². The Kier molecular flexibility index (Phi) is 10.1. The van der Waals surface area contributed by atoms with Gasteiger partial charge in [-0.1, -0.05) is 39.5 Å². The number of aliphatic carboxylic acids is 1. The number of rotatable bonds is 14. The molecule has 0 spiro atoms. The van der Waals surface area contributed by atoms with E-state index in [0.717, 1.165) is 19.3 Å². The standard InChI is InChI=1S/C21H34F2O4/c1-3-8-15(2)21(22,23)19(25)14-12-16-11-13-18(24)17(16)9-6-4-5-7-10-20(26)27/h15-17H,3-14H2,1-2H3,(H,26,27)/t15-,16-,17-/m1/s1. The molecule has 27 heavy (non-hydrogen) atoms. The summed E-state index contributed by atoms with van der Waals surface area (Å²) in [6, 6.07) is 0. The molecular weight excluding hydrogens is 354 g/mol. The molecule has 0 bridgehead atoms. The zero-order chi connectivity index (χ0) is 20.4. The fourth-order valence-electron chi connectivity index (χ4n) is 4.09.